The van der Waals surface area contributed by atoms with Crippen molar-refractivity contribution in [3.63, 3.8) is 0 Å². The maximum absolute atomic E-state index is 12.8. The molecule has 0 bridgehead atoms. The second-order valence-corrected chi connectivity index (χ2v) is 8.52. The van der Waals surface area contributed by atoms with Gasteiger partial charge in [0.2, 0.25) is 5.91 Å². The van der Waals surface area contributed by atoms with Crippen LogP contribution >= 0.6 is 24.0 Å². The van der Waals surface area contributed by atoms with E-state index in [-0.39, 0.29) is 24.6 Å². The molecule has 3 rings (SSSR count). The van der Waals surface area contributed by atoms with E-state index in [9.17, 15) is 22.8 Å². The lowest BCUT2D eigenvalue weighted by Gasteiger charge is -2.14. The molecule has 168 valence electrons. The summed E-state index contributed by atoms with van der Waals surface area (Å²) in [6, 6.07) is 11.7. The van der Waals surface area contributed by atoms with Crippen molar-refractivity contribution >= 4 is 51.9 Å². The zero-order chi connectivity index (χ0) is 23.3. The van der Waals surface area contributed by atoms with Gasteiger partial charge in [-0.15, -0.1) is 0 Å². The normalized spacial score (nSPS) is 15.4. The summed E-state index contributed by atoms with van der Waals surface area (Å²) in [6.45, 7) is 0.232. The first-order valence-corrected chi connectivity index (χ1v) is 10.8. The van der Waals surface area contributed by atoms with Gasteiger partial charge in [0, 0.05) is 18.7 Å². The highest BCUT2D eigenvalue weighted by molar-refractivity contribution is 8.26. The summed E-state index contributed by atoms with van der Waals surface area (Å²) in [5.41, 5.74) is 0.0256. The number of halogens is 3. The molecule has 1 aliphatic rings. The Balaban J connectivity index is 1.54. The molecule has 10 heteroatoms. The van der Waals surface area contributed by atoms with Gasteiger partial charge < -0.3 is 10.1 Å². The number of alkyl halides is 3. The van der Waals surface area contributed by atoms with Gasteiger partial charge in [0.15, 0.2) is 0 Å². The number of carbonyl (C=O) groups is 2. The van der Waals surface area contributed by atoms with E-state index in [1.807, 2.05) is 12.1 Å². The van der Waals surface area contributed by atoms with Crippen LogP contribution in [-0.4, -0.2) is 34.7 Å². The minimum absolute atomic E-state index is 0.0300. The lowest BCUT2D eigenvalue weighted by Crippen LogP contribution is -2.29. The molecule has 1 aliphatic heterocycles. The summed E-state index contributed by atoms with van der Waals surface area (Å²) in [5, 5.41) is 2.45. The van der Waals surface area contributed by atoms with Crippen molar-refractivity contribution in [2.45, 2.75) is 19.0 Å². The molecule has 0 spiro atoms. The first-order chi connectivity index (χ1) is 15.2. The molecule has 0 radical (unpaired) electrons. The number of methoxy groups -OCH3 is 1. The number of carbonyl (C=O) groups excluding carboxylic acids is 2. The van der Waals surface area contributed by atoms with Gasteiger partial charge in [-0.05, 0) is 48.4 Å². The number of thiocarbonyl (C=S) groups is 1. The van der Waals surface area contributed by atoms with Crippen LogP contribution in [0.5, 0.6) is 5.75 Å². The van der Waals surface area contributed by atoms with Crippen LogP contribution in [0.15, 0.2) is 53.4 Å². The molecular weight excluding hydrogens is 461 g/mol. The van der Waals surface area contributed by atoms with E-state index >= 15 is 0 Å². The van der Waals surface area contributed by atoms with Crippen molar-refractivity contribution in [2.75, 3.05) is 19.0 Å². The van der Waals surface area contributed by atoms with Crippen LogP contribution in [0.2, 0.25) is 0 Å². The van der Waals surface area contributed by atoms with E-state index in [4.69, 9.17) is 17.0 Å². The first kappa shape index (κ1) is 23.8. The van der Waals surface area contributed by atoms with E-state index in [0.717, 1.165) is 17.7 Å². The summed E-state index contributed by atoms with van der Waals surface area (Å²) < 4.78 is 43.9. The molecule has 1 N–H and O–H groups in total. The van der Waals surface area contributed by atoms with Gasteiger partial charge in [-0.3, -0.25) is 14.5 Å². The van der Waals surface area contributed by atoms with E-state index < -0.39 is 17.6 Å². The van der Waals surface area contributed by atoms with Gasteiger partial charge in [-0.2, -0.15) is 13.2 Å². The van der Waals surface area contributed by atoms with Gasteiger partial charge in [-0.25, -0.2) is 0 Å². The molecule has 0 atom stereocenters. The quantitative estimate of drug-likeness (QED) is 0.429. The zero-order valence-corrected chi connectivity index (χ0v) is 18.6. The highest BCUT2D eigenvalue weighted by Gasteiger charge is 2.32. The number of nitrogens with one attached hydrogen (secondary N) is 1. The fourth-order valence-electron chi connectivity index (χ4n) is 2.97. The predicted molar refractivity (Wildman–Crippen MR) is 122 cm³/mol. The van der Waals surface area contributed by atoms with E-state index in [0.29, 0.717) is 21.4 Å². The van der Waals surface area contributed by atoms with Crippen LogP contribution in [0.3, 0.4) is 0 Å². The Morgan fingerprint density at radius 2 is 1.97 bits per heavy atom. The van der Waals surface area contributed by atoms with E-state index in [1.165, 1.54) is 28.8 Å². The molecule has 1 heterocycles. The van der Waals surface area contributed by atoms with Crippen LogP contribution in [0.1, 0.15) is 24.0 Å². The van der Waals surface area contributed by atoms with E-state index in [1.54, 1.807) is 25.3 Å². The van der Waals surface area contributed by atoms with Crippen molar-refractivity contribution in [1.82, 2.24) is 4.90 Å². The number of nitrogens with zero attached hydrogens (tertiary/aromatic N) is 1. The number of hydrogen-bond donors (Lipinski definition) is 1. The topological polar surface area (TPSA) is 58.6 Å². The maximum atomic E-state index is 12.8. The second-order valence-electron chi connectivity index (χ2n) is 6.84. The van der Waals surface area contributed by atoms with Gasteiger partial charge in [0.25, 0.3) is 5.91 Å². The standard InChI is InChI=1S/C22H19F3N2O3S2/c1-30-17-8-2-5-14(11-17)12-18-20(29)27(21(31)32-18)10-4-9-19(28)26-16-7-3-6-15(13-16)22(23,24)25/h2-3,5-8,11-13H,4,9-10H2,1H3,(H,26,28)/b18-12-. The van der Waals surface area contributed by atoms with Crippen LogP contribution < -0.4 is 10.1 Å². The van der Waals surface area contributed by atoms with Crippen molar-refractivity contribution in [1.29, 1.82) is 0 Å². The Bertz CT molecular complexity index is 1070. The summed E-state index contributed by atoms with van der Waals surface area (Å²) in [4.78, 5) is 26.7. The third-order valence-electron chi connectivity index (χ3n) is 4.52. The molecule has 2 aromatic carbocycles. The number of amides is 2. The van der Waals surface area contributed by atoms with Crippen LogP contribution in [-0.2, 0) is 15.8 Å². The predicted octanol–water partition coefficient (Wildman–Crippen LogP) is 5.33. The summed E-state index contributed by atoms with van der Waals surface area (Å²) in [7, 11) is 1.56. The molecule has 32 heavy (non-hydrogen) atoms. The van der Waals surface area contributed by atoms with Gasteiger partial charge in [-0.1, -0.05) is 42.2 Å². The number of anilines is 1. The number of ether oxygens (including phenoxy) is 1. The number of benzene rings is 2. The highest BCUT2D eigenvalue weighted by atomic mass is 32.2. The minimum atomic E-state index is -4.49. The molecular formula is C22H19F3N2O3S2. The van der Waals surface area contributed by atoms with Crippen molar-refractivity contribution in [3.8, 4) is 5.75 Å². The summed E-state index contributed by atoms with van der Waals surface area (Å²) >= 11 is 6.46. The van der Waals surface area contributed by atoms with Gasteiger partial charge in [0.05, 0.1) is 17.6 Å². The van der Waals surface area contributed by atoms with Gasteiger partial charge >= 0.3 is 6.18 Å². The summed E-state index contributed by atoms with van der Waals surface area (Å²) in [5.74, 6) is -0.0243. The average molecular weight is 481 g/mol. The molecule has 0 aliphatic carbocycles. The largest absolute Gasteiger partial charge is 0.497 e. The Labute approximate surface area is 192 Å². The number of rotatable bonds is 7. The van der Waals surface area contributed by atoms with Crippen molar-refractivity contribution in [3.05, 3.63) is 64.6 Å². The number of hydrogen-bond acceptors (Lipinski definition) is 5. The molecule has 2 aromatic rings. The smallest absolute Gasteiger partial charge is 0.416 e. The Kier molecular flexibility index (Phi) is 7.57. The Morgan fingerprint density at radius 1 is 1.22 bits per heavy atom. The van der Waals surface area contributed by atoms with Crippen molar-refractivity contribution < 1.29 is 27.5 Å². The van der Waals surface area contributed by atoms with E-state index in [2.05, 4.69) is 5.32 Å². The minimum Gasteiger partial charge on any atom is -0.497 e. The van der Waals surface area contributed by atoms with Gasteiger partial charge in [0.1, 0.15) is 10.1 Å². The lowest BCUT2D eigenvalue weighted by atomic mass is 10.2. The first-order valence-electron chi connectivity index (χ1n) is 9.54. The number of thioether (sulfide) groups is 1. The fraction of sp³-hybridized carbons (Fsp3) is 0.227. The molecule has 0 aromatic heterocycles. The molecule has 1 saturated heterocycles. The Hall–Kier alpha value is -2.85. The molecule has 2 amide bonds. The second kappa shape index (κ2) is 10.2. The fourth-order valence-corrected chi connectivity index (χ4v) is 4.28. The monoisotopic (exact) mass is 480 g/mol. The molecule has 5 nitrogen and oxygen atoms in total. The van der Waals surface area contributed by atoms with Crippen molar-refractivity contribution in [2.24, 2.45) is 0 Å². The van der Waals surface area contributed by atoms with Crippen LogP contribution in [0.25, 0.3) is 6.08 Å². The Morgan fingerprint density at radius 3 is 2.69 bits per heavy atom. The van der Waals surface area contributed by atoms with Crippen LogP contribution in [0.4, 0.5) is 18.9 Å². The average Bonchev–Trinajstić information content (AvgIpc) is 3.00. The zero-order valence-electron chi connectivity index (χ0n) is 16.9. The molecule has 0 saturated carbocycles. The highest BCUT2D eigenvalue weighted by Crippen LogP contribution is 2.33. The lowest BCUT2D eigenvalue weighted by molar-refractivity contribution is -0.137. The summed E-state index contributed by atoms with van der Waals surface area (Å²) in [6.07, 6.45) is -2.42. The maximum Gasteiger partial charge on any atom is 0.416 e. The molecule has 0 unspecified atom stereocenters. The SMILES string of the molecule is COc1cccc(/C=C2\SC(=S)N(CCCC(=O)Nc3cccc(C(F)(F)F)c3)C2=O)c1. The third-order valence-corrected chi connectivity index (χ3v) is 5.90. The van der Waals surface area contributed by atoms with Crippen LogP contribution in [0, 0.1) is 0 Å². The third kappa shape index (κ3) is 6.10. The molecule has 1 fully saturated rings.